The van der Waals surface area contributed by atoms with E-state index in [1.54, 1.807) is 5.57 Å². The molecule has 2 saturated carbocycles. The maximum atomic E-state index is 8.75. The van der Waals surface area contributed by atoms with Gasteiger partial charge in [0.2, 0.25) is 0 Å². The topological polar surface area (TPSA) is 49.9 Å². The second-order valence-corrected chi connectivity index (χ2v) is 8.09. The molecule has 2 fully saturated rings. The lowest BCUT2D eigenvalue weighted by atomic mass is 9.87. The van der Waals surface area contributed by atoms with Crippen LogP contribution < -0.4 is 5.73 Å². The molecule has 2 aliphatic carbocycles. The number of nitrogens with two attached hydrogens (primary N) is 1. The number of hydrogen-bond acceptors (Lipinski definition) is 2. The maximum Gasteiger partial charge on any atom is 0.0512 e. The third-order valence-electron chi connectivity index (χ3n) is 6.02. The number of allylic oxidation sites excluding steroid dienone is 1. The fourth-order valence-electron chi connectivity index (χ4n) is 4.41. The first kappa shape index (κ1) is 19.7. The van der Waals surface area contributed by atoms with Crippen molar-refractivity contribution in [2.45, 2.75) is 122 Å². The minimum atomic E-state index is -0.0243. The van der Waals surface area contributed by atoms with Gasteiger partial charge in [-0.05, 0) is 50.5 Å². The van der Waals surface area contributed by atoms with Crippen molar-refractivity contribution in [1.82, 2.24) is 0 Å². The van der Waals surface area contributed by atoms with Gasteiger partial charge in [0.25, 0.3) is 0 Å². The van der Waals surface area contributed by atoms with E-state index in [9.17, 15) is 0 Å². The summed E-state index contributed by atoms with van der Waals surface area (Å²) in [4.78, 5) is 0. The van der Waals surface area contributed by atoms with E-state index in [4.69, 9.17) is 11.1 Å². The van der Waals surface area contributed by atoms with Crippen LogP contribution >= 0.6 is 0 Å². The summed E-state index contributed by atoms with van der Waals surface area (Å²) in [5, 5.41) is 8.75. The summed E-state index contributed by atoms with van der Waals surface area (Å²) in [6.45, 7) is 0. The van der Waals surface area contributed by atoms with Gasteiger partial charge in [-0.15, -0.1) is 0 Å². The van der Waals surface area contributed by atoms with Crippen LogP contribution in [0.5, 0.6) is 0 Å². The summed E-state index contributed by atoms with van der Waals surface area (Å²) in [6, 6.07) is -0.0243. The second-order valence-electron chi connectivity index (χ2n) is 8.09. The predicted octanol–water partition coefficient (Wildman–Crippen LogP) is 6.68. The zero-order chi connectivity index (χ0) is 17.0. The molecule has 0 aromatic rings. The molecular formula is C22H40N2. The summed E-state index contributed by atoms with van der Waals surface area (Å²) < 4.78 is 0. The largest absolute Gasteiger partial charge is 0.323 e. The van der Waals surface area contributed by atoms with Crippen LogP contribution in [0.15, 0.2) is 11.1 Å². The molecule has 2 aliphatic rings. The lowest BCUT2D eigenvalue weighted by molar-refractivity contribution is 0.577. The molecule has 0 bridgehead atoms. The van der Waals surface area contributed by atoms with Gasteiger partial charge < -0.3 is 11.1 Å². The Kier molecular flexibility index (Phi) is 9.72. The molecular weight excluding hydrogens is 292 g/mol. The van der Waals surface area contributed by atoms with Gasteiger partial charge in [0.1, 0.15) is 0 Å². The zero-order valence-corrected chi connectivity index (χ0v) is 15.9. The van der Waals surface area contributed by atoms with Crippen LogP contribution in [0.1, 0.15) is 116 Å². The van der Waals surface area contributed by atoms with E-state index in [1.807, 2.05) is 0 Å². The van der Waals surface area contributed by atoms with Gasteiger partial charge >= 0.3 is 0 Å². The molecule has 2 rings (SSSR count). The Labute approximate surface area is 150 Å². The molecule has 0 saturated heterocycles. The van der Waals surface area contributed by atoms with Crippen LogP contribution in [0, 0.1) is 5.41 Å². The highest BCUT2D eigenvalue weighted by Crippen LogP contribution is 2.28. The van der Waals surface area contributed by atoms with E-state index >= 15 is 0 Å². The van der Waals surface area contributed by atoms with Crippen molar-refractivity contribution in [2.75, 3.05) is 0 Å². The van der Waals surface area contributed by atoms with Crippen LogP contribution in [0.3, 0.4) is 0 Å². The Morgan fingerprint density at radius 3 is 1.54 bits per heavy atom. The summed E-state index contributed by atoms with van der Waals surface area (Å²) in [5.74, 6) is 0. The smallest absolute Gasteiger partial charge is 0.0512 e. The Balaban J connectivity index is 2.12. The Morgan fingerprint density at radius 2 is 1.00 bits per heavy atom. The molecule has 0 aromatic heterocycles. The fraction of sp³-hybridized carbons (Fsp3) is 0.864. The van der Waals surface area contributed by atoms with E-state index in [-0.39, 0.29) is 6.04 Å². The van der Waals surface area contributed by atoms with Gasteiger partial charge in [-0.1, -0.05) is 76.2 Å². The predicted molar refractivity (Wildman–Crippen MR) is 106 cm³/mol. The first-order valence-electron chi connectivity index (χ1n) is 10.8. The molecule has 2 nitrogen and oxygen atoms in total. The molecule has 1 atom stereocenters. The van der Waals surface area contributed by atoms with Crippen LogP contribution in [-0.4, -0.2) is 11.8 Å². The van der Waals surface area contributed by atoms with E-state index in [1.165, 1.54) is 108 Å². The van der Waals surface area contributed by atoms with Crippen molar-refractivity contribution >= 4 is 5.71 Å². The zero-order valence-electron chi connectivity index (χ0n) is 15.9. The average molecular weight is 333 g/mol. The van der Waals surface area contributed by atoms with Crippen molar-refractivity contribution in [3.05, 3.63) is 11.1 Å². The molecule has 1 unspecified atom stereocenters. The Hall–Kier alpha value is -0.630. The molecule has 0 spiro atoms. The van der Waals surface area contributed by atoms with E-state index in [0.29, 0.717) is 0 Å². The van der Waals surface area contributed by atoms with Gasteiger partial charge in [-0.25, -0.2) is 0 Å². The first-order valence-corrected chi connectivity index (χ1v) is 10.8. The quantitative estimate of drug-likeness (QED) is 0.510. The Bertz CT molecular complexity index is 383. The minimum Gasteiger partial charge on any atom is -0.323 e. The van der Waals surface area contributed by atoms with E-state index in [2.05, 4.69) is 0 Å². The van der Waals surface area contributed by atoms with Crippen molar-refractivity contribution in [2.24, 2.45) is 5.73 Å². The highest BCUT2D eigenvalue weighted by atomic mass is 14.7. The minimum absolute atomic E-state index is 0.0243. The summed E-state index contributed by atoms with van der Waals surface area (Å²) >= 11 is 0. The SMILES string of the molecule is N=C1C(=C2CCCCCCCCCC2)CCCCCCCCC1N. The van der Waals surface area contributed by atoms with Crippen molar-refractivity contribution in [1.29, 1.82) is 5.41 Å². The third kappa shape index (κ3) is 7.09. The number of nitrogens with one attached hydrogen (secondary N) is 1. The molecule has 0 aromatic carbocycles. The van der Waals surface area contributed by atoms with Crippen molar-refractivity contribution in [3.63, 3.8) is 0 Å². The lowest BCUT2D eigenvalue weighted by Crippen LogP contribution is -2.31. The molecule has 0 heterocycles. The van der Waals surface area contributed by atoms with Gasteiger partial charge in [-0.2, -0.15) is 0 Å². The summed E-state index contributed by atoms with van der Waals surface area (Å²) in [7, 11) is 0. The summed E-state index contributed by atoms with van der Waals surface area (Å²) in [6.07, 6.45) is 23.4. The van der Waals surface area contributed by atoms with Crippen molar-refractivity contribution < 1.29 is 0 Å². The average Bonchev–Trinajstić information content (AvgIpc) is 2.67. The fourth-order valence-corrected chi connectivity index (χ4v) is 4.41. The maximum absolute atomic E-state index is 8.75. The molecule has 138 valence electrons. The van der Waals surface area contributed by atoms with Crippen LogP contribution in [0.25, 0.3) is 0 Å². The van der Waals surface area contributed by atoms with Crippen LogP contribution in [0.4, 0.5) is 0 Å². The van der Waals surface area contributed by atoms with Crippen molar-refractivity contribution in [3.8, 4) is 0 Å². The molecule has 0 amide bonds. The first-order chi connectivity index (χ1) is 11.8. The van der Waals surface area contributed by atoms with Crippen LogP contribution in [0.2, 0.25) is 0 Å². The van der Waals surface area contributed by atoms with E-state index in [0.717, 1.165) is 18.6 Å². The second kappa shape index (κ2) is 11.8. The monoisotopic (exact) mass is 332 g/mol. The lowest BCUT2D eigenvalue weighted by Gasteiger charge is -2.21. The standard InChI is InChI=1S/C22H40N2/c23-21-18-14-10-6-5-9-13-17-20(22(21)24)19-15-11-7-3-1-2-4-8-12-16-19/h21,24H,1-18,23H2. The van der Waals surface area contributed by atoms with Gasteiger partial charge in [0.15, 0.2) is 0 Å². The molecule has 3 N–H and O–H groups in total. The summed E-state index contributed by atoms with van der Waals surface area (Å²) in [5.41, 5.74) is 10.2. The van der Waals surface area contributed by atoms with Gasteiger partial charge in [-0.3, -0.25) is 0 Å². The van der Waals surface area contributed by atoms with Gasteiger partial charge in [0, 0.05) is 6.04 Å². The molecule has 0 aliphatic heterocycles. The highest BCUT2D eigenvalue weighted by Gasteiger charge is 2.18. The molecule has 24 heavy (non-hydrogen) atoms. The highest BCUT2D eigenvalue weighted by molar-refractivity contribution is 6.02. The normalized spacial score (nSPS) is 27.2. The number of hydrogen-bond donors (Lipinski definition) is 2. The molecule has 2 heteroatoms. The molecule has 0 radical (unpaired) electrons. The Morgan fingerprint density at radius 1 is 0.583 bits per heavy atom. The van der Waals surface area contributed by atoms with Crippen LogP contribution in [-0.2, 0) is 0 Å². The van der Waals surface area contributed by atoms with Gasteiger partial charge in [0.05, 0.1) is 5.71 Å². The number of rotatable bonds is 0. The third-order valence-corrected chi connectivity index (χ3v) is 6.02. The van der Waals surface area contributed by atoms with E-state index < -0.39 is 0 Å².